The number of rotatable bonds is 8. The zero-order valence-electron chi connectivity index (χ0n) is 33.5. The molecule has 0 spiro atoms. The van der Waals surface area contributed by atoms with Crippen molar-refractivity contribution in [3.8, 4) is 78.4 Å². The third kappa shape index (κ3) is 6.37. The van der Waals surface area contributed by atoms with Crippen molar-refractivity contribution in [3.63, 3.8) is 0 Å². The van der Waals surface area contributed by atoms with E-state index >= 15 is 0 Å². The van der Waals surface area contributed by atoms with Crippen molar-refractivity contribution >= 4 is 0 Å². The number of hydrogen-bond acceptors (Lipinski definition) is 2. The highest BCUT2D eigenvalue weighted by molar-refractivity contribution is 5.95. The van der Waals surface area contributed by atoms with Gasteiger partial charge in [-0.05, 0) is 91.0 Å². The van der Waals surface area contributed by atoms with E-state index in [0.29, 0.717) is 5.82 Å². The maximum absolute atomic E-state index is 5.22. The van der Waals surface area contributed by atoms with Gasteiger partial charge < -0.3 is 0 Å². The van der Waals surface area contributed by atoms with Gasteiger partial charge in [-0.25, -0.2) is 9.97 Å². The van der Waals surface area contributed by atoms with Crippen molar-refractivity contribution in [1.82, 2.24) is 9.97 Å². The molecule has 0 radical (unpaired) electrons. The van der Waals surface area contributed by atoms with Crippen LogP contribution in [0, 0.1) is 0 Å². The second-order valence-corrected chi connectivity index (χ2v) is 15.7. The molecular weight excluding hydrogens is 737 g/mol. The van der Waals surface area contributed by atoms with Crippen LogP contribution in [-0.4, -0.2) is 9.97 Å². The average Bonchev–Trinajstić information content (AvgIpc) is 3.65. The molecule has 9 aromatic carbocycles. The maximum atomic E-state index is 5.22. The lowest BCUT2D eigenvalue weighted by molar-refractivity contribution is 0.769. The first-order chi connectivity index (χ1) is 30.2. The highest BCUT2D eigenvalue weighted by atomic mass is 14.9. The van der Waals surface area contributed by atoms with Crippen LogP contribution >= 0.6 is 0 Å². The van der Waals surface area contributed by atoms with Gasteiger partial charge in [0.2, 0.25) is 0 Å². The summed E-state index contributed by atoms with van der Waals surface area (Å²) >= 11 is 0. The van der Waals surface area contributed by atoms with E-state index in [1.54, 1.807) is 0 Å². The Kier molecular flexibility index (Phi) is 9.09. The van der Waals surface area contributed by atoms with E-state index in [-0.39, 0.29) is 0 Å². The smallest absolute Gasteiger partial charge is 0.160 e. The van der Waals surface area contributed by atoms with E-state index in [9.17, 15) is 0 Å². The summed E-state index contributed by atoms with van der Waals surface area (Å²) in [6, 6.07) is 87.3. The molecule has 0 fully saturated rings. The summed E-state index contributed by atoms with van der Waals surface area (Å²) in [6.45, 7) is 0. The first-order valence-electron chi connectivity index (χ1n) is 20.9. The maximum Gasteiger partial charge on any atom is 0.160 e. The molecule has 0 saturated heterocycles. The van der Waals surface area contributed by atoms with Gasteiger partial charge in [-0.3, -0.25) is 0 Å². The minimum absolute atomic E-state index is 0.518. The van der Waals surface area contributed by atoms with Crippen LogP contribution in [-0.2, 0) is 5.41 Å². The Balaban J connectivity index is 1.15. The molecule has 0 amide bonds. The number of fused-ring (bicyclic) bond motifs is 3. The van der Waals surface area contributed by atoms with E-state index in [4.69, 9.17) is 9.97 Å². The highest BCUT2D eigenvalue weighted by Gasteiger charge is 2.46. The molecule has 0 saturated carbocycles. The van der Waals surface area contributed by atoms with Gasteiger partial charge in [-0.1, -0.05) is 218 Å². The van der Waals surface area contributed by atoms with Gasteiger partial charge in [-0.15, -0.1) is 0 Å². The van der Waals surface area contributed by atoms with Crippen LogP contribution in [0.3, 0.4) is 0 Å². The third-order valence-electron chi connectivity index (χ3n) is 12.2. The van der Waals surface area contributed by atoms with Crippen molar-refractivity contribution in [3.05, 3.63) is 265 Å². The van der Waals surface area contributed by atoms with Gasteiger partial charge in [0.1, 0.15) is 0 Å². The molecule has 61 heavy (non-hydrogen) atoms. The second kappa shape index (κ2) is 15.3. The topological polar surface area (TPSA) is 25.8 Å². The van der Waals surface area contributed by atoms with Gasteiger partial charge in [-0.2, -0.15) is 0 Å². The fraction of sp³-hybridized carbons (Fsp3) is 0.0169. The molecule has 10 aromatic rings. The molecule has 1 aliphatic rings. The Morgan fingerprint density at radius 3 is 1.34 bits per heavy atom. The molecule has 0 N–H and O–H groups in total. The summed E-state index contributed by atoms with van der Waals surface area (Å²) < 4.78 is 0. The minimum atomic E-state index is -0.518. The Bertz CT molecular complexity index is 3040. The summed E-state index contributed by atoms with van der Waals surface area (Å²) in [7, 11) is 0. The first-order valence-corrected chi connectivity index (χ1v) is 20.9. The second-order valence-electron chi connectivity index (χ2n) is 15.7. The lowest BCUT2D eigenvalue weighted by atomic mass is 9.67. The van der Waals surface area contributed by atoms with E-state index in [2.05, 4.69) is 218 Å². The van der Waals surface area contributed by atoms with Crippen molar-refractivity contribution < 1.29 is 0 Å². The Labute approximate surface area is 357 Å². The molecule has 2 heteroatoms. The molecule has 0 unspecified atom stereocenters. The van der Waals surface area contributed by atoms with Crippen molar-refractivity contribution in [2.45, 2.75) is 5.41 Å². The van der Waals surface area contributed by atoms with Gasteiger partial charge >= 0.3 is 0 Å². The fourth-order valence-corrected chi connectivity index (χ4v) is 9.35. The monoisotopic (exact) mass is 776 g/mol. The molecule has 1 aliphatic carbocycles. The summed E-state index contributed by atoms with van der Waals surface area (Å²) in [5, 5.41) is 0. The predicted octanol–water partition coefficient (Wildman–Crippen LogP) is 14.8. The SMILES string of the molecule is c1ccc(-c2ccc(-c3cc4c(cc3-c3cccc(-c5cc(-c6ccccc6)nc(-c6ccccc6)n5)c3)-c3ccccc3C4(c3ccccc3)c3ccccc3)cc2)cc1. The van der Waals surface area contributed by atoms with Gasteiger partial charge in [0.05, 0.1) is 16.8 Å². The Hall–Kier alpha value is -7.94. The highest BCUT2D eigenvalue weighted by Crippen LogP contribution is 2.58. The van der Waals surface area contributed by atoms with Crippen LogP contribution in [0.2, 0.25) is 0 Å². The molecule has 286 valence electrons. The zero-order valence-corrected chi connectivity index (χ0v) is 33.5. The Morgan fingerprint density at radius 1 is 0.246 bits per heavy atom. The summed E-state index contributed by atoms with van der Waals surface area (Å²) in [5.41, 5.74) is 18.9. The average molecular weight is 777 g/mol. The number of benzene rings is 9. The van der Waals surface area contributed by atoms with Crippen molar-refractivity contribution in [1.29, 1.82) is 0 Å². The van der Waals surface area contributed by atoms with E-state index in [1.807, 2.05) is 24.3 Å². The largest absolute Gasteiger partial charge is 0.228 e. The quantitative estimate of drug-likeness (QED) is 0.154. The van der Waals surface area contributed by atoms with E-state index in [0.717, 1.165) is 39.2 Å². The number of hydrogen-bond donors (Lipinski definition) is 0. The van der Waals surface area contributed by atoms with Crippen molar-refractivity contribution in [2.24, 2.45) is 0 Å². The molecule has 1 heterocycles. The van der Waals surface area contributed by atoms with Crippen LogP contribution in [0.1, 0.15) is 22.3 Å². The first kappa shape index (κ1) is 36.2. The van der Waals surface area contributed by atoms with Crippen LogP contribution in [0.5, 0.6) is 0 Å². The summed E-state index contributed by atoms with van der Waals surface area (Å²) in [4.78, 5) is 10.3. The number of aromatic nitrogens is 2. The molecule has 0 atom stereocenters. The zero-order chi connectivity index (χ0) is 40.6. The molecule has 0 bridgehead atoms. The normalized spacial score (nSPS) is 12.4. The molecule has 11 rings (SSSR count). The van der Waals surface area contributed by atoms with Crippen LogP contribution in [0.15, 0.2) is 243 Å². The van der Waals surface area contributed by atoms with Gasteiger partial charge in [0, 0.05) is 16.7 Å². The van der Waals surface area contributed by atoms with Crippen LogP contribution in [0.4, 0.5) is 0 Å². The van der Waals surface area contributed by atoms with Crippen molar-refractivity contribution in [2.75, 3.05) is 0 Å². The molecule has 1 aromatic heterocycles. The summed E-state index contributed by atoms with van der Waals surface area (Å²) in [6.07, 6.45) is 0. The minimum Gasteiger partial charge on any atom is -0.228 e. The van der Waals surface area contributed by atoms with Gasteiger partial charge in [0.15, 0.2) is 5.82 Å². The molecular formula is C59H40N2. The standard InChI is InChI=1S/C59H40N2/c1-6-19-41(20-7-1)42-33-35-43(36-34-42)52-39-55-53(50-31-16-17-32-54(50)59(55,48-27-12-4-13-28-48)49-29-14-5-15-30-49)38-51(52)46-25-18-26-47(37-46)57-40-56(44-21-8-2-9-22-44)60-58(61-57)45-23-10-3-11-24-45/h1-40H. The molecule has 0 aliphatic heterocycles. The number of nitrogens with zero attached hydrogens (tertiary/aromatic N) is 2. The van der Waals surface area contributed by atoms with E-state index in [1.165, 1.54) is 55.6 Å². The fourth-order valence-electron chi connectivity index (χ4n) is 9.35. The third-order valence-corrected chi connectivity index (χ3v) is 12.2. The van der Waals surface area contributed by atoms with Crippen LogP contribution < -0.4 is 0 Å². The van der Waals surface area contributed by atoms with Gasteiger partial charge in [0.25, 0.3) is 0 Å². The summed E-state index contributed by atoms with van der Waals surface area (Å²) in [5.74, 6) is 0.703. The van der Waals surface area contributed by atoms with Crippen LogP contribution in [0.25, 0.3) is 78.4 Å². The molecule has 2 nitrogen and oxygen atoms in total. The lowest BCUT2D eigenvalue weighted by Crippen LogP contribution is -2.28. The Morgan fingerprint density at radius 2 is 0.705 bits per heavy atom. The lowest BCUT2D eigenvalue weighted by Gasteiger charge is -2.34. The van der Waals surface area contributed by atoms with E-state index < -0.39 is 5.41 Å². The predicted molar refractivity (Wildman–Crippen MR) is 252 cm³/mol.